The minimum atomic E-state index is -0.237. The highest BCUT2D eigenvalue weighted by Crippen LogP contribution is 2.23. The minimum absolute atomic E-state index is 0.237. The van der Waals surface area contributed by atoms with E-state index in [2.05, 4.69) is 30.6 Å². The lowest BCUT2D eigenvalue weighted by Gasteiger charge is -2.02. The molecule has 0 unspecified atom stereocenters. The summed E-state index contributed by atoms with van der Waals surface area (Å²) in [6.07, 6.45) is 0. The van der Waals surface area contributed by atoms with Crippen LogP contribution < -0.4 is 5.32 Å². The summed E-state index contributed by atoms with van der Waals surface area (Å²) in [4.78, 5) is 15.9. The monoisotopic (exact) mass is 331 g/mol. The average molecular weight is 333 g/mol. The molecule has 4 nitrogen and oxygen atoms in total. The first-order valence-electron chi connectivity index (χ1n) is 4.63. The van der Waals surface area contributed by atoms with Gasteiger partial charge in [-0.05, 0) is 41.1 Å². The van der Waals surface area contributed by atoms with Gasteiger partial charge in [0, 0.05) is 21.6 Å². The summed E-state index contributed by atoms with van der Waals surface area (Å²) in [5.74, 6) is 0.404. The van der Waals surface area contributed by atoms with Crippen LogP contribution in [0.25, 0.3) is 0 Å². The van der Waals surface area contributed by atoms with E-state index in [0.717, 1.165) is 11.5 Å². The topological polar surface area (TPSA) is 54.9 Å². The SMILES string of the molecule is Cc1nsc(NC(=O)c2ccc(Cl)c(Br)c2)n1. The molecule has 17 heavy (non-hydrogen) atoms. The number of halogens is 2. The summed E-state index contributed by atoms with van der Waals surface area (Å²) in [7, 11) is 0. The number of amides is 1. The van der Waals surface area contributed by atoms with Gasteiger partial charge in [-0.2, -0.15) is 4.37 Å². The molecule has 0 fully saturated rings. The molecule has 7 heteroatoms. The predicted octanol–water partition coefficient (Wildman–Crippen LogP) is 3.51. The number of benzene rings is 1. The molecule has 1 heterocycles. The van der Waals surface area contributed by atoms with E-state index in [4.69, 9.17) is 11.6 Å². The fraction of sp³-hybridized carbons (Fsp3) is 0.100. The molecule has 0 atom stereocenters. The molecule has 0 aliphatic carbocycles. The Hall–Kier alpha value is -0.980. The van der Waals surface area contributed by atoms with Crippen LogP contribution >= 0.6 is 39.1 Å². The largest absolute Gasteiger partial charge is 0.297 e. The zero-order chi connectivity index (χ0) is 12.4. The third-order valence-electron chi connectivity index (χ3n) is 1.93. The Kier molecular flexibility index (Phi) is 3.76. The lowest BCUT2D eigenvalue weighted by atomic mass is 10.2. The Balaban J connectivity index is 2.17. The van der Waals surface area contributed by atoms with Crippen molar-refractivity contribution in [1.29, 1.82) is 0 Å². The summed E-state index contributed by atoms with van der Waals surface area (Å²) >= 11 is 10.3. The van der Waals surface area contributed by atoms with Crippen LogP contribution in [0.3, 0.4) is 0 Å². The number of aromatic nitrogens is 2. The molecule has 88 valence electrons. The molecule has 2 rings (SSSR count). The van der Waals surface area contributed by atoms with Crippen molar-refractivity contribution in [3.63, 3.8) is 0 Å². The number of nitrogens with one attached hydrogen (secondary N) is 1. The summed E-state index contributed by atoms with van der Waals surface area (Å²) in [5, 5.41) is 3.72. The summed E-state index contributed by atoms with van der Waals surface area (Å²) < 4.78 is 4.66. The van der Waals surface area contributed by atoms with Gasteiger partial charge in [0.15, 0.2) is 0 Å². The molecule has 2 aromatic rings. The van der Waals surface area contributed by atoms with Crippen LogP contribution in [-0.4, -0.2) is 15.3 Å². The van der Waals surface area contributed by atoms with Crippen molar-refractivity contribution in [2.45, 2.75) is 6.92 Å². The number of hydrogen-bond acceptors (Lipinski definition) is 4. The van der Waals surface area contributed by atoms with Gasteiger partial charge in [-0.1, -0.05) is 11.6 Å². The zero-order valence-corrected chi connectivity index (χ0v) is 11.9. The molecule has 0 aliphatic rings. The number of nitrogens with zero attached hydrogens (tertiary/aromatic N) is 2. The number of anilines is 1. The molecule has 0 saturated heterocycles. The van der Waals surface area contributed by atoms with Gasteiger partial charge in [-0.15, -0.1) is 0 Å². The van der Waals surface area contributed by atoms with Crippen LogP contribution in [0.1, 0.15) is 16.2 Å². The predicted molar refractivity (Wildman–Crippen MR) is 71.8 cm³/mol. The van der Waals surface area contributed by atoms with Gasteiger partial charge in [-0.25, -0.2) is 4.98 Å². The van der Waals surface area contributed by atoms with Gasteiger partial charge in [0.05, 0.1) is 5.02 Å². The van der Waals surface area contributed by atoms with Crippen molar-refractivity contribution in [3.05, 3.63) is 39.1 Å². The third kappa shape index (κ3) is 3.02. The van der Waals surface area contributed by atoms with Crippen LogP contribution in [0.15, 0.2) is 22.7 Å². The van der Waals surface area contributed by atoms with E-state index in [1.54, 1.807) is 25.1 Å². The number of carbonyl (C=O) groups excluding carboxylic acids is 1. The average Bonchev–Trinajstić information content (AvgIpc) is 2.68. The molecule has 0 spiro atoms. The smallest absolute Gasteiger partial charge is 0.257 e. The highest BCUT2D eigenvalue weighted by Gasteiger charge is 2.10. The maximum atomic E-state index is 11.9. The third-order valence-corrected chi connectivity index (χ3v) is 3.87. The Morgan fingerprint density at radius 1 is 1.53 bits per heavy atom. The van der Waals surface area contributed by atoms with Crippen molar-refractivity contribution in [2.75, 3.05) is 5.32 Å². The second-order valence-electron chi connectivity index (χ2n) is 3.23. The first-order chi connectivity index (χ1) is 8.06. The Morgan fingerprint density at radius 2 is 2.29 bits per heavy atom. The molecule has 1 amide bonds. The van der Waals surface area contributed by atoms with Crippen LogP contribution in [0.4, 0.5) is 5.13 Å². The van der Waals surface area contributed by atoms with Crippen LogP contribution in [0.2, 0.25) is 5.02 Å². The summed E-state index contributed by atoms with van der Waals surface area (Å²) in [5.41, 5.74) is 0.508. The van der Waals surface area contributed by atoms with Crippen LogP contribution in [0, 0.1) is 6.92 Å². The fourth-order valence-corrected chi connectivity index (χ4v) is 2.22. The molecular formula is C10H7BrClN3OS. The Morgan fingerprint density at radius 3 is 2.88 bits per heavy atom. The molecule has 1 aromatic carbocycles. The van der Waals surface area contributed by atoms with E-state index in [1.807, 2.05) is 0 Å². The fourth-order valence-electron chi connectivity index (χ4n) is 1.15. The first kappa shape index (κ1) is 12.5. The molecule has 0 aliphatic heterocycles. The Labute approximate surface area is 115 Å². The van der Waals surface area contributed by atoms with Gasteiger partial charge in [0.1, 0.15) is 5.82 Å². The number of hydrogen-bond donors (Lipinski definition) is 1. The van der Waals surface area contributed by atoms with Crippen molar-refractivity contribution in [2.24, 2.45) is 0 Å². The molecular weight excluding hydrogens is 326 g/mol. The van der Waals surface area contributed by atoms with Gasteiger partial charge < -0.3 is 0 Å². The second-order valence-corrected chi connectivity index (χ2v) is 5.24. The van der Waals surface area contributed by atoms with Crippen molar-refractivity contribution in [3.8, 4) is 0 Å². The van der Waals surface area contributed by atoms with E-state index in [9.17, 15) is 4.79 Å². The summed E-state index contributed by atoms with van der Waals surface area (Å²) in [6.45, 7) is 1.77. The van der Waals surface area contributed by atoms with E-state index < -0.39 is 0 Å². The maximum Gasteiger partial charge on any atom is 0.257 e. The quantitative estimate of drug-likeness (QED) is 0.915. The molecule has 1 N–H and O–H groups in total. The summed E-state index contributed by atoms with van der Waals surface area (Å²) in [6, 6.07) is 4.97. The normalized spacial score (nSPS) is 10.3. The molecule has 0 saturated carbocycles. The van der Waals surface area contributed by atoms with Gasteiger partial charge in [-0.3, -0.25) is 10.1 Å². The number of carbonyl (C=O) groups is 1. The van der Waals surface area contributed by atoms with Crippen molar-refractivity contribution < 1.29 is 4.79 Å². The lowest BCUT2D eigenvalue weighted by molar-refractivity contribution is 0.102. The standard InChI is InChI=1S/C10H7BrClN3OS/c1-5-13-10(17-15-5)14-9(16)6-2-3-8(12)7(11)4-6/h2-4H,1H3,(H,13,14,15,16). The maximum absolute atomic E-state index is 11.9. The zero-order valence-electron chi connectivity index (χ0n) is 8.70. The highest BCUT2D eigenvalue weighted by molar-refractivity contribution is 9.10. The van der Waals surface area contributed by atoms with E-state index in [1.165, 1.54) is 0 Å². The van der Waals surface area contributed by atoms with Crippen molar-refractivity contribution >= 4 is 50.1 Å². The van der Waals surface area contributed by atoms with E-state index in [-0.39, 0.29) is 5.91 Å². The lowest BCUT2D eigenvalue weighted by Crippen LogP contribution is -2.11. The van der Waals surface area contributed by atoms with Crippen LogP contribution in [0.5, 0.6) is 0 Å². The van der Waals surface area contributed by atoms with Crippen LogP contribution in [-0.2, 0) is 0 Å². The first-order valence-corrected chi connectivity index (χ1v) is 6.57. The molecule has 0 bridgehead atoms. The van der Waals surface area contributed by atoms with Gasteiger partial charge in [0.25, 0.3) is 5.91 Å². The number of rotatable bonds is 2. The minimum Gasteiger partial charge on any atom is -0.297 e. The highest BCUT2D eigenvalue weighted by atomic mass is 79.9. The van der Waals surface area contributed by atoms with Gasteiger partial charge in [0.2, 0.25) is 5.13 Å². The Bertz CT molecular complexity index is 572. The van der Waals surface area contributed by atoms with Gasteiger partial charge >= 0.3 is 0 Å². The van der Waals surface area contributed by atoms with E-state index in [0.29, 0.717) is 26.0 Å². The van der Waals surface area contributed by atoms with E-state index >= 15 is 0 Å². The molecule has 0 radical (unpaired) electrons. The second kappa shape index (κ2) is 5.12. The van der Waals surface area contributed by atoms with Crippen molar-refractivity contribution in [1.82, 2.24) is 9.36 Å². The number of aryl methyl sites for hydroxylation is 1. The molecule has 1 aromatic heterocycles.